The highest BCUT2D eigenvalue weighted by molar-refractivity contribution is 7.98. The Balaban J connectivity index is 1.48. The topological polar surface area (TPSA) is 85.7 Å². The standard InChI is InChI=1S/C20H19N5O2S/c1-13(27-14-8-4-3-5-9-14)18-23-24-20(25(18)2)28-12-17-21-16-11-7-6-10-15(16)19(26)22-17/h3-11,13H,12H2,1-2H3,(H,21,22,26). The zero-order valence-electron chi connectivity index (χ0n) is 15.5. The van der Waals surface area contributed by atoms with Crippen molar-refractivity contribution in [3.63, 3.8) is 0 Å². The Morgan fingerprint density at radius 3 is 2.68 bits per heavy atom. The summed E-state index contributed by atoms with van der Waals surface area (Å²) in [4.78, 5) is 19.5. The van der Waals surface area contributed by atoms with E-state index in [4.69, 9.17) is 4.74 Å². The molecule has 0 aliphatic heterocycles. The summed E-state index contributed by atoms with van der Waals surface area (Å²) < 4.78 is 7.83. The van der Waals surface area contributed by atoms with Crippen LogP contribution in [0, 0.1) is 0 Å². The van der Waals surface area contributed by atoms with Gasteiger partial charge in [-0.2, -0.15) is 0 Å². The molecule has 8 heteroatoms. The third-order valence-corrected chi connectivity index (χ3v) is 5.32. The first-order chi connectivity index (χ1) is 13.6. The number of nitrogens with zero attached hydrogens (tertiary/aromatic N) is 4. The Hall–Kier alpha value is -3.13. The molecule has 0 bridgehead atoms. The van der Waals surface area contributed by atoms with Crippen LogP contribution in [0.25, 0.3) is 10.9 Å². The number of nitrogens with one attached hydrogen (secondary N) is 1. The summed E-state index contributed by atoms with van der Waals surface area (Å²) in [5.74, 6) is 2.60. The number of benzene rings is 2. The predicted molar refractivity (Wildman–Crippen MR) is 108 cm³/mol. The molecule has 28 heavy (non-hydrogen) atoms. The zero-order chi connectivity index (χ0) is 19.5. The first-order valence-electron chi connectivity index (χ1n) is 8.83. The molecule has 0 fully saturated rings. The maximum absolute atomic E-state index is 12.2. The van der Waals surface area contributed by atoms with Crippen molar-refractivity contribution < 1.29 is 4.74 Å². The van der Waals surface area contributed by atoms with Gasteiger partial charge in [-0.3, -0.25) is 4.79 Å². The van der Waals surface area contributed by atoms with Gasteiger partial charge in [-0.05, 0) is 31.2 Å². The quantitative estimate of drug-likeness (QED) is 0.505. The van der Waals surface area contributed by atoms with Gasteiger partial charge in [0, 0.05) is 7.05 Å². The number of aromatic nitrogens is 5. The summed E-state index contributed by atoms with van der Waals surface area (Å²) >= 11 is 1.46. The number of rotatable bonds is 6. The van der Waals surface area contributed by atoms with Gasteiger partial charge in [0.15, 0.2) is 17.1 Å². The third-order valence-electron chi connectivity index (χ3n) is 4.29. The van der Waals surface area contributed by atoms with E-state index in [-0.39, 0.29) is 11.7 Å². The second-order valence-corrected chi connectivity index (χ2v) is 7.23. The molecular formula is C20H19N5O2S. The maximum Gasteiger partial charge on any atom is 0.258 e. The molecule has 1 N–H and O–H groups in total. The maximum atomic E-state index is 12.2. The van der Waals surface area contributed by atoms with E-state index < -0.39 is 0 Å². The van der Waals surface area contributed by atoms with E-state index in [0.29, 0.717) is 22.5 Å². The monoisotopic (exact) mass is 393 g/mol. The fourth-order valence-corrected chi connectivity index (χ4v) is 3.69. The SMILES string of the molecule is CC(Oc1ccccc1)c1nnc(SCc2nc3ccccc3c(=O)[nH]2)n1C. The fraction of sp³-hybridized carbons (Fsp3) is 0.200. The first kappa shape index (κ1) is 18.2. The average Bonchev–Trinajstić information content (AvgIpc) is 3.08. The summed E-state index contributed by atoms with van der Waals surface area (Å²) in [6, 6.07) is 16.9. The summed E-state index contributed by atoms with van der Waals surface area (Å²) in [5, 5.41) is 9.84. The second kappa shape index (κ2) is 7.85. The number of thioether (sulfide) groups is 1. The van der Waals surface area contributed by atoms with Crippen molar-refractivity contribution in [1.29, 1.82) is 0 Å². The number of ether oxygens (including phenoxy) is 1. The van der Waals surface area contributed by atoms with E-state index in [2.05, 4.69) is 20.2 Å². The molecule has 0 spiro atoms. The van der Waals surface area contributed by atoms with Crippen LogP contribution in [0.5, 0.6) is 5.75 Å². The molecule has 1 unspecified atom stereocenters. The Kier molecular flexibility index (Phi) is 5.12. The molecule has 7 nitrogen and oxygen atoms in total. The molecule has 0 radical (unpaired) electrons. The molecule has 142 valence electrons. The Labute approximate surface area is 165 Å². The van der Waals surface area contributed by atoms with Crippen molar-refractivity contribution >= 4 is 22.7 Å². The smallest absolute Gasteiger partial charge is 0.258 e. The highest BCUT2D eigenvalue weighted by Gasteiger charge is 2.17. The lowest BCUT2D eigenvalue weighted by atomic mass is 10.2. The van der Waals surface area contributed by atoms with Gasteiger partial charge >= 0.3 is 0 Å². The molecule has 2 heterocycles. The minimum atomic E-state index is -0.243. The molecule has 2 aromatic heterocycles. The minimum absolute atomic E-state index is 0.135. The Bertz CT molecular complexity index is 1160. The molecule has 0 saturated heterocycles. The largest absolute Gasteiger partial charge is 0.483 e. The summed E-state index contributed by atoms with van der Waals surface area (Å²) in [5.41, 5.74) is 0.551. The van der Waals surface area contributed by atoms with Crippen molar-refractivity contribution in [1.82, 2.24) is 24.7 Å². The van der Waals surface area contributed by atoms with E-state index >= 15 is 0 Å². The van der Waals surface area contributed by atoms with Crippen LogP contribution < -0.4 is 10.3 Å². The van der Waals surface area contributed by atoms with Gasteiger partial charge in [0.05, 0.1) is 16.7 Å². The minimum Gasteiger partial charge on any atom is -0.483 e. The van der Waals surface area contributed by atoms with Crippen LogP contribution in [0.2, 0.25) is 0 Å². The van der Waals surface area contributed by atoms with Gasteiger partial charge in [-0.25, -0.2) is 4.98 Å². The lowest BCUT2D eigenvalue weighted by Crippen LogP contribution is -2.11. The van der Waals surface area contributed by atoms with Crippen LogP contribution in [0.1, 0.15) is 24.7 Å². The van der Waals surface area contributed by atoms with Crippen LogP contribution in [-0.2, 0) is 12.8 Å². The van der Waals surface area contributed by atoms with E-state index in [1.165, 1.54) is 11.8 Å². The van der Waals surface area contributed by atoms with Crippen molar-refractivity contribution in [3.8, 4) is 5.75 Å². The van der Waals surface area contributed by atoms with Gasteiger partial charge in [-0.15, -0.1) is 10.2 Å². The fourth-order valence-electron chi connectivity index (χ4n) is 2.90. The highest BCUT2D eigenvalue weighted by Crippen LogP contribution is 2.24. The molecule has 0 amide bonds. The molecule has 0 aliphatic carbocycles. The molecular weight excluding hydrogens is 374 g/mol. The third kappa shape index (κ3) is 3.77. The Morgan fingerprint density at radius 2 is 1.86 bits per heavy atom. The van der Waals surface area contributed by atoms with Gasteiger partial charge in [0.2, 0.25) is 0 Å². The van der Waals surface area contributed by atoms with Crippen LogP contribution in [0.15, 0.2) is 64.5 Å². The van der Waals surface area contributed by atoms with Gasteiger partial charge in [-0.1, -0.05) is 42.1 Å². The lowest BCUT2D eigenvalue weighted by molar-refractivity contribution is 0.211. The molecule has 4 rings (SSSR count). The average molecular weight is 393 g/mol. The number of hydrogen-bond donors (Lipinski definition) is 1. The number of para-hydroxylation sites is 2. The molecule has 0 saturated carbocycles. The molecule has 4 aromatic rings. The van der Waals surface area contributed by atoms with Gasteiger partial charge < -0.3 is 14.3 Å². The lowest BCUT2D eigenvalue weighted by Gasteiger charge is -2.14. The number of hydrogen-bond acceptors (Lipinski definition) is 6. The van der Waals surface area contributed by atoms with E-state index in [9.17, 15) is 4.79 Å². The number of H-pyrrole nitrogens is 1. The van der Waals surface area contributed by atoms with Crippen LogP contribution in [-0.4, -0.2) is 24.7 Å². The molecule has 2 aromatic carbocycles. The summed E-state index contributed by atoms with van der Waals surface area (Å²) in [6.45, 7) is 1.94. The van der Waals surface area contributed by atoms with Crippen molar-refractivity contribution in [3.05, 3.63) is 76.6 Å². The normalized spacial score (nSPS) is 12.2. The van der Waals surface area contributed by atoms with Crippen LogP contribution in [0.4, 0.5) is 0 Å². The molecule has 0 aliphatic rings. The Morgan fingerprint density at radius 1 is 1.11 bits per heavy atom. The summed E-state index contributed by atoms with van der Waals surface area (Å²) in [7, 11) is 1.90. The van der Waals surface area contributed by atoms with E-state index in [1.807, 2.05) is 67.1 Å². The zero-order valence-corrected chi connectivity index (χ0v) is 16.3. The number of fused-ring (bicyclic) bond motifs is 1. The number of aromatic amines is 1. The van der Waals surface area contributed by atoms with E-state index in [1.54, 1.807) is 6.07 Å². The van der Waals surface area contributed by atoms with Gasteiger partial charge in [0.1, 0.15) is 11.6 Å². The predicted octanol–water partition coefficient (Wildman–Crippen LogP) is 3.48. The first-order valence-corrected chi connectivity index (χ1v) is 9.82. The highest BCUT2D eigenvalue weighted by atomic mass is 32.2. The summed E-state index contributed by atoms with van der Waals surface area (Å²) in [6.07, 6.45) is -0.243. The second-order valence-electron chi connectivity index (χ2n) is 6.29. The van der Waals surface area contributed by atoms with Crippen molar-refractivity contribution in [2.45, 2.75) is 23.9 Å². The van der Waals surface area contributed by atoms with Crippen LogP contribution in [0.3, 0.4) is 0 Å². The van der Waals surface area contributed by atoms with Crippen molar-refractivity contribution in [2.75, 3.05) is 0 Å². The molecule has 1 atom stereocenters. The van der Waals surface area contributed by atoms with E-state index in [0.717, 1.165) is 16.7 Å². The van der Waals surface area contributed by atoms with Crippen LogP contribution >= 0.6 is 11.8 Å². The van der Waals surface area contributed by atoms with Crippen molar-refractivity contribution in [2.24, 2.45) is 7.05 Å². The van der Waals surface area contributed by atoms with Gasteiger partial charge in [0.25, 0.3) is 5.56 Å².